The van der Waals surface area contributed by atoms with Crippen molar-refractivity contribution in [2.45, 2.75) is 12.5 Å². The molecule has 1 unspecified atom stereocenters. The van der Waals surface area contributed by atoms with Gasteiger partial charge in [-0.1, -0.05) is 6.07 Å². The molecule has 0 bridgehead atoms. The number of ether oxygens (including phenoxy) is 2. The Bertz CT molecular complexity index is 347. The molecule has 0 radical (unpaired) electrons. The standard InChI is InChI=1S/C12H17F2NO2/c1-16-4-5-17-8-11(15)6-9-2-3-10(13)7-12(9)14/h2-3,7,11H,4-6,8,15H2,1H3. The third kappa shape index (κ3) is 5.21. The SMILES string of the molecule is COCCOCC(N)Cc1ccc(F)cc1F. The molecule has 1 aromatic rings. The van der Waals surface area contributed by atoms with E-state index >= 15 is 0 Å². The molecule has 2 N–H and O–H groups in total. The van der Waals surface area contributed by atoms with Crippen LogP contribution in [0.15, 0.2) is 18.2 Å². The van der Waals surface area contributed by atoms with Crippen LogP contribution in [-0.4, -0.2) is 33.0 Å². The monoisotopic (exact) mass is 245 g/mol. The van der Waals surface area contributed by atoms with E-state index < -0.39 is 11.6 Å². The van der Waals surface area contributed by atoms with Gasteiger partial charge < -0.3 is 15.2 Å². The molecule has 96 valence electrons. The highest BCUT2D eigenvalue weighted by Gasteiger charge is 2.09. The van der Waals surface area contributed by atoms with Crippen LogP contribution >= 0.6 is 0 Å². The zero-order valence-electron chi connectivity index (χ0n) is 9.79. The highest BCUT2D eigenvalue weighted by Crippen LogP contribution is 2.11. The average Bonchev–Trinajstić information content (AvgIpc) is 2.28. The van der Waals surface area contributed by atoms with Crippen LogP contribution in [0.2, 0.25) is 0 Å². The van der Waals surface area contributed by atoms with E-state index in [0.717, 1.165) is 6.07 Å². The Morgan fingerprint density at radius 2 is 2.06 bits per heavy atom. The highest BCUT2D eigenvalue weighted by atomic mass is 19.1. The summed E-state index contributed by atoms with van der Waals surface area (Å²) in [6.45, 7) is 1.27. The average molecular weight is 245 g/mol. The molecule has 1 rings (SSSR count). The van der Waals surface area contributed by atoms with Gasteiger partial charge in [0, 0.05) is 19.2 Å². The van der Waals surface area contributed by atoms with Gasteiger partial charge in [0.25, 0.3) is 0 Å². The van der Waals surface area contributed by atoms with Gasteiger partial charge >= 0.3 is 0 Å². The Labute approximate surface area is 99.5 Å². The summed E-state index contributed by atoms with van der Waals surface area (Å²) in [6, 6.07) is 3.16. The number of hydrogen-bond donors (Lipinski definition) is 1. The molecule has 0 spiro atoms. The summed E-state index contributed by atoms with van der Waals surface area (Å²) in [6.07, 6.45) is 0.319. The fourth-order valence-electron chi connectivity index (χ4n) is 1.41. The number of halogens is 2. The number of hydrogen-bond acceptors (Lipinski definition) is 3. The van der Waals surface area contributed by atoms with Crippen LogP contribution in [0.4, 0.5) is 8.78 Å². The Morgan fingerprint density at radius 3 is 2.71 bits per heavy atom. The Balaban J connectivity index is 2.37. The lowest BCUT2D eigenvalue weighted by Crippen LogP contribution is -2.29. The molecule has 1 atom stereocenters. The largest absolute Gasteiger partial charge is 0.382 e. The number of rotatable bonds is 7. The predicted octanol–water partition coefficient (Wildman–Crippen LogP) is 1.50. The number of methoxy groups -OCH3 is 1. The van der Waals surface area contributed by atoms with Gasteiger partial charge in [-0.2, -0.15) is 0 Å². The molecule has 0 fully saturated rings. The minimum absolute atomic E-state index is 0.313. The molecule has 0 aromatic heterocycles. The summed E-state index contributed by atoms with van der Waals surface area (Å²) in [5, 5.41) is 0. The van der Waals surface area contributed by atoms with Crippen molar-refractivity contribution in [1.29, 1.82) is 0 Å². The van der Waals surface area contributed by atoms with Gasteiger partial charge in [-0.25, -0.2) is 8.78 Å². The van der Waals surface area contributed by atoms with Gasteiger partial charge in [-0.15, -0.1) is 0 Å². The smallest absolute Gasteiger partial charge is 0.129 e. The molecule has 3 nitrogen and oxygen atoms in total. The Kier molecular flexibility index (Phi) is 6.04. The molecule has 0 saturated heterocycles. The maximum absolute atomic E-state index is 13.3. The second-order valence-electron chi connectivity index (χ2n) is 3.77. The van der Waals surface area contributed by atoms with E-state index in [2.05, 4.69) is 0 Å². The normalized spacial score (nSPS) is 12.7. The summed E-state index contributed by atoms with van der Waals surface area (Å²) in [5.41, 5.74) is 6.17. The predicted molar refractivity (Wildman–Crippen MR) is 60.7 cm³/mol. The maximum atomic E-state index is 13.3. The molecule has 0 aliphatic rings. The number of nitrogens with two attached hydrogens (primary N) is 1. The van der Waals surface area contributed by atoms with Crippen LogP contribution in [0.1, 0.15) is 5.56 Å². The summed E-state index contributed by atoms with van der Waals surface area (Å²) < 4.78 is 36.0. The quantitative estimate of drug-likeness (QED) is 0.740. The molecule has 0 aliphatic carbocycles. The van der Waals surface area contributed by atoms with Crippen molar-refractivity contribution in [3.8, 4) is 0 Å². The lowest BCUT2D eigenvalue weighted by Gasteiger charge is -2.12. The molecular formula is C12H17F2NO2. The molecule has 0 aliphatic heterocycles. The van der Waals surface area contributed by atoms with Gasteiger partial charge in [0.2, 0.25) is 0 Å². The zero-order chi connectivity index (χ0) is 12.7. The van der Waals surface area contributed by atoms with Crippen molar-refractivity contribution >= 4 is 0 Å². The minimum Gasteiger partial charge on any atom is -0.382 e. The van der Waals surface area contributed by atoms with E-state index in [1.54, 1.807) is 7.11 Å². The second-order valence-corrected chi connectivity index (χ2v) is 3.77. The van der Waals surface area contributed by atoms with Crippen LogP contribution in [0.25, 0.3) is 0 Å². The number of benzene rings is 1. The van der Waals surface area contributed by atoms with Gasteiger partial charge in [-0.3, -0.25) is 0 Å². The first-order valence-electron chi connectivity index (χ1n) is 5.39. The minimum atomic E-state index is -0.587. The first-order chi connectivity index (χ1) is 8.13. The van der Waals surface area contributed by atoms with E-state index in [-0.39, 0.29) is 6.04 Å². The first-order valence-corrected chi connectivity index (χ1v) is 5.39. The second kappa shape index (κ2) is 7.32. The van der Waals surface area contributed by atoms with E-state index in [1.165, 1.54) is 12.1 Å². The van der Waals surface area contributed by atoms with E-state index in [1.807, 2.05) is 0 Å². The van der Waals surface area contributed by atoms with Crippen molar-refractivity contribution in [1.82, 2.24) is 0 Å². The molecule has 5 heteroatoms. The van der Waals surface area contributed by atoms with Crippen LogP contribution in [-0.2, 0) is 15.9 Å². The summed E-state index contributed by atoms with van der Waals surface area (Å²) in [5.74, 6) is -1.16. The fraction of sp³-hybridized carbons (Fsp3) is 0.500. The molecule has 1 aromatic carbocycles. The van der Waals surface area contributed by atoms with Crippen molar-refractivity contribution in [3.05, 3.63) is 35.4 Å². The summed E-state index contributed by atoms with van der Waals surface area (Å²) in [4.78, 5) is 0. The topological polar surface area (TPSA) is 44.5 Å². The molecule has 17 heavy (non-hydrogen) atoms. The Morgan fingerprint density at radius 1 is 1.29 bits per heavy atom. The molecule has 0 saturated carbocycles. The third-order valence-electron chi connectivity index (χ3n) is 2.26. The third-order valence-corrected chi connectivity index (χ3v) is 2.26. The van der Waals surface area contributed by atoms with Crippen LogP contribution < -0.4 is 5.73 Å². The van der Waals surface area contributed by atoms with Gasteiger partial charge in [0.05, 0.1) is 19.8 Å². The lowest BCUT2D eigenvalue weighted by molar-refractivity contribution is 0.0636. The van der Waals surface area contributed by atoms with Crippen molar-refractivity contribution in [2.24, 2.45) is 5.73 Å². The zero-order valence-corrected chi connectivity index (χ0v) is 9.79. The molecule has 0 heterocycles. The lowest BCUT2D eigenvalue weighted by atomic mass is 10.1. The van der Waals surface area contributed by atoms with Crippen LogP contribution in [0, 0.1) is 11.6 Å². The van der Waals surface area contributed by atoms with Crippen LogP contribution in [0.5, 0.6) is 0 Å². The summed E-state index contributed by atoms with van der Waals surface area (Å²) >= 11 is 0. The Hall–Kier alpha value is -1.04. The van der Waals surface area contributed by atoms with E-state index in [0.29, 0.717) is 31.8 Å². The maximum Gasteiger partial charge on any atom is 0.129 e. The fourth-order valence-corrected chi connectivity index (χ4v) is 1.41. The van der Waals surface area contributed by atoms with Crippen molar-refractivity contribution in [2.75, 3.05) is 26.9 Å². The van der Waals surface area contributed by atoms with E-state index in [4.69, 9.17) is 15.2 Å². The van der Waals surface area contributed by atoms with Gasteiger partial charge in [0.1, 0.15) is 11.6 Å². The molecular weight excluding hydrogens is 228 g/mol. The van der Waals surface area contributed by atoms with E-state index in [9.17, 15) is 8.78 Å². The van der Waals surface area contributed by atoms with Crippen molar-refractivity contribution < 1.29 is 18.3 Å². The molecule has 0 amide bonds. The van der Waals surface area contributed by atoms with Crippen molar-refractivity contribution in [3.63, 3.8) is 0 Å². The first kappa shape index (κ1) is 14.0. The summed E-state index contributed by atoms with van der Waals surface area (Å²) in [7, 11) is 1.58. The van der Waals surface area contributed by atoms with Crippen LogP contribution in [0.3, 0.4) is 0 Å². The van der Waals surface area contributed by atoms with Gasteiger partial charge in [0.15, 0.2) is 0 Å². The van der Waals surface area contributed by atoms with Gasteiger partial charge in [-0.05, 0) is 18.1 Å². The highest BCUT2D eigenvalue weighted by molar-refractivity contribution is 5.19.